The lowest BCUT2D eigenvalue weighted by molar-refractivity contribution is 0.556. The Hall–Kier alpha value is -1.62. The standard InChI is InChI=1S/C10H5BrN2O2/c11-5-1-2-6-7(3-5)10(14)15-9-8(6)4-12-13-9/h1-4H,(H,12,13). The molecular weight excluding hydrogens is 260 g/mol. The molecule has 0 saturated heterocycles. The molecule has 0 aliphatic rings. The molecule has 0 fully saturated rings. The highest BCUT2D eigenvalue weighted by molar-refractivity contribution is 9.10. The summed E-state index contributed by atoms with van der Waals surface area (Å²) in [5.74, 6) is 0. The molecule has 3 aromatic rings. The van der Waals surface area contributed by atoms with E-state index in [9.17, 15) is 4.79 Å². The molecule has 1 aromatic carbocycles. The lowest BCUT2D eigenvalue weighted by Crippen LogP contribution is -1.99. The zero-order valence-electron chi connectivity index (χ0n) is 7.45. The van der Waals surface area contributed by atoms with E-state index in [0.29, 0.717) is 11.1 Å². The Balaban J connectivity index is 2.67. The van der Waals surface area contributed by atoms with Crippen molar-refractivity contribution in [2.45, 2.75) is 0 Å². The third kappa shape index (κ3) is 1.20. The van der Waals surface area contributed by atoms with E-state index in [1.165, 1.54) is 0 Å². The van der Waals surface area contributed by atoms with Gasteiger partial charge in [-0.1, -0.05) is 22.0 Å². The number of H-pyrrole nitrogens is 1. The van der Waals surface area contributed by atoms with Crippen LogP contribution in [0.2, 0.25) is 0 Å². The van der Waals surface area contributed by atoms with Crippen LogP contribution in [0.5, 0.6) is 0 Å². The predicted molar refractivity (Wildman–Crippen MR) is 59.8 cm³/mol. The molecule has 74 valence electrons. The first-order valence-corrected chi connectivity index (χ1v) is 5.10. The maximum absolute atomic E-state index is 11.6. The van der Waals surface area contributed by atoms with Crippen molar-refractivity contribution in [3.8, 4) is 0 Å². The largest absolute Gasteiger partial charge is 0.404 e. The highest BCUT2D eigenvalue weighted by Crippen LogP contribution is 2.23. The number of nitrogens with one attached hydrogen (secondary N) is 1. The van der Waals surface area contributed by atoms with Gasteiger partial charge in [0.15, 0.2) is 0 Å². The van der Waals surface area contributed by atoms with E-state index < -0.39 is 0 Å². The van der Waals surface area contributed by atoms with Gasteiger partial charge < -0.3 is 4.42 Å². The molecule has 2 aromatic heterocycles. The van der Waals surface area contributed by atoms with Gasteiger partial charge >= 0.3 is 5.63 Å². The van der Waals surface area contributed by atoms with E-state index in [-0.39, 0.29) is 5.63 Å². The van der Waals surface area contributed by atoms with Gasteiger partial charge in [0.2, 0.25) is 5.71 Å². The number of halogens is 1. The van der Waals surface area contributed by atoms with Crippen LogP contribution in [0.25, 0.3) is 21.9 Å². The van der Waals surface area contributed by atoms with Crippen molar-refractivity contribution in [3.63, 3.8) is 0 Å². The van der Waals surface area contributed by atoms with Crippen LogP contribution >= 0.6 is 15.9 Å². The summed E-state index contributed by atoms with van der Waals surface area (Å²) < 4.78 is 5.93. The highest BCUT2D eigenvalue weighted by Gasteiger charge is 2.08. The molecule has 0 unspecified atom stereocenters. The number of hydrogen-bond donors (Lipinski definition) is 1. The van der Waals surface area contributed by atoms with Gasteiger partial charge in [-0.05, 0) is 12.1 Å². The molecule has 5 heteroatoms. The first-order valence-electron chi connectivity index (χ1n) is 4.31. The smallest absolute Gasteiger partial charge is 0.345 e. The van der Waals surface area contributed by atoms with Gasteiger partial charge in [0.25, 0.3) is 0 Å². The average Bonchev–Trinajstić information content (AvgIpc) is 2.66. The molecule has 0 atom stereocenters. The van der Waals surface area contributed by atoms with Crippen LogP contribution in [0.1, 0.15) is 0 Å². The third-order valence-corrected chi connectivity index (χ3v) is 2.78. The third-order valence-electron chi connectivity index (χ3n) is 2.29. The summed E-state index contributed by atoms with van der Waals surface area (Å²) in [5, 5.41) is 8.70. The molecule has 0 aliphatic carbocycles. The molecule has 0 saturated carbocycles. The van der Waals surface area contributed by atoms with Gasteiger partial charge in [-0.2, -0.15) is 5.10 Å². The Kier molecular flexibility index (Phi) is 1.70. The van der Waals surface area contributed by atoms with Crippen LogP contribution in [0.15, 0.2) is 38.1 Å². The number of fused-ring (bicyclic) bond motifs is 3. The molecule has 0 spiro atoms. The summed E-state index contributed by atoms with van der Waals surface area (Å²) in [6.07, 6.45) is 1.65. The molecule has 0 aliphatic heterocycles. The second-order valence-electron chi connectivity index (χ2n) is 3.19. The maximum atomic E-state index is 11.6. The van der Waals surface area contributed by atoms with E-state index >= 15 is 0 Å². The SMILES string of the molecule is O=c1oc2[nH]ncc2c2ccc(Br)cc12. The minimum Gasteiger partial charge on any atom is -0.404 e. The Morgan fingerprint density at radius 2 is 2.13 bits per heavy atom. The summed E-state index contributed by atoms with van der Waals surface area (Å²) in [5.41, 5.74) is 0.0536. The minimum absolute atomic E-state index is 0.358. The fraction of sp³-hybridized carbons (Fsp3) is 0. The monoisotopic (exact) mass is 264 g/mol. The molecular formula is C10H5BrN2O2. The van der Waals surface area contributed by atoms with Crippen molar-refractivity contribution in [3.05, 3.63) is 39.3 Å². The van der Waals surface area contributed by atoms with Crippen molar-refractivity contribution >= 4 is 37.8 Å². The number of aromatic nitrogens is 2. The fourth-order valence-electron chi connectivity index (χ4n) is 1.61. The molecule has 1 N–H and O–H groups in total. The summed E-state index contributed by atoms with van der Waals surface area (Å²) in [6.45, 7) is 0. The molecule has 4 nitrogen and oxygen atoms in total. The van der Waals surface area contributed by atoms with Crippen LogP contribution in [-0.4, -0.2) is 10.2 Å². The van der Waals surface area contributed by atoms with Crippen molar-refractivity contribution in [1.82, 2.24) is 10.2 Å². The van der Waals surface area contributed by atoms with E-state index in [4.69, 9.17) is 4.42 Å². The van der Waals surface area contributed by atoms with Crippen LogP contribution in [0.3, 0.4) is 0 Å². The van der Waals surface area contributed by atoms with Crippen molar-refractivity contribution in [1.29, 1.82) is 0 Å². The number of rotatable bonds is 0. The first kappa shape index (κ1) is 8.67. The Morgan fingerprint density at radius 3 is 3.00 bits per heavy atom. The van der Waals surface area contributed by atoms with Gasteiger partial charge in [0.05, 0.1) is 17.0 Å². The lowest BCUT2D eigenvalue weighted by Gasteiger charge is -1.97. The zero-order valence-corrected chi connectivity index (χ0v) is 9.04. The van der Waals surface area contributed by atoms with Crippen LogP contribution in [0, 0.1) is 0 Å². The highest BCUT2D eigenvalue weighted by atomic mass is 79.9. The molecule has 2 heterocycles. The molecule has 3 rings (SSSR count). The van der Waals surface area contributed by atoms with Gasteiger partial charge in [0, 0.05) is 9.86 Å². The molecule has 15 heavy (non-hydrogen) atoms. The van der Waals surface area contributed by atoms with Crippen LogP contribution < -0.4 is 5.63 Å². The van der Waals surface area contributed by atoms with E-state index in [1.807, 2.05) is 12.1 Å². The lowest BCUT2D eigenvalue weighted by atomic mass is 10.1. The topological polar surface area (TPSA) is 58.9 Å². The Morgan fingerprint density at radius 1 is 1.27 bits per heavy atom. The van der Waals surface area contributed by atoms with Crippen molar-refractivity contribution in [2.75, 3.05) is 0 Å². The van der Waals surface area contributed by atoms with E-state index in [1.54, 1.807) is 12.3 Å². The zero-order chi connectivity index (χ0) is 10.4. The Bertz CT molecular complexity index is 714. The molecule has 0 bridgehead atoms. The van der Waals surface area contributed by atoms with E-state index in [2.05, 4.69) is 26.1 Å². The maximum Gasteiger partial charge on any atom is 0.345 e. The average molecular weight is 265 g/mol. The van der Waals surface area contributed by atoms with Gasteiger partial charge in [-0.15, -0.1) is 0 Å². The number of aromatic amines is 1. The summed E-state index contributed by atoms with van der Waals surface area (Å²) in [4.78, 5) is 11.6. The quantitative estimate of drug-likeness (QED) is 0.679. The summed E-state index contributed by atoms with van der Waals surface area (Å²) in [6, 6.07) is 5.50. The second kappa shape index (κ2) is 2.93. The fourth-order valence-corrected chi connectivity index (χ4v) is 1.97. The normalized spacial score (nSPS) is 11.3. The van der Waals surface area contributed by atoms with Gasteiger partial charge in [-0.25, -0.2) is 9.89 Å². The van der Waals surface area contributed by atoms with Crippen LogP contribution in [0.4, 0.5) is 0 Å². The molecule has 0 amide bonds. The van der Waals surface area contributed by atoms with Crippen molar-refractivity contribution in [2.24, 2.45) is 0 Å². The van der Waals surface area contributed by atoms with Crippen molar-refractivity contribution < 1.29 is 4.42 Å². The van der Waals surface area contributed by atoms with E-state index in [0.717, 1.165) is 15.2 Å². The first-order chi connectivity index (χ1) is 7.25. The van der Waals surface area contributed by atoms with Gasteiger partial charge in [-0.3, -0.25) is 0 Å². The van der Waals surface area contributed by atoms with Crippen LogP contribution in [-0.2, 0) is 0 Å². The number of nitrogens with zero attached hydrogens (tertiary/aromatic N) is 1. The Labute approximate surface area is 92.0 Å². The summed E-state index contributed by atoms with van der Waals surface area (Å²) >= 11 is 3.32. The molecule has 0 radical (unpaired) electrons. The minimum atomic E-state index is -0.358. The number of hydrogen-bond acceptors (Lipinski definition) is 3. The second-order valence-corrected chi connectivity index (χ2v) is 4.11. The number of benzene rings is 1. The van der Waals surface area contributed by atoms with Gasteiger partial charge in [0.1, 0.15) is 0 Å². The predicted octanol–water partition coefficient (Wildman–Crippen LogP) is 2.43. The summed E-state index contributed by atoms with van der Waals surface area (Å²) in [7, 11) is 0.